The topological polar surface area (TPSA) is 106 Å². The number of rotatable bonds is 3. The van der Waals surface area contributed by atoms with Crippen molar-refractivity contribution in [3.63, 3.8) is 0 Å². The molecule has 0 N–H and O–H groups in total. The van der Waals surface area contributed by atoms with E-state index >= 15 is 0 Å². The van der Waals surface area contributed by atoms with Crippen LogP contribution in [0, 0.1) is 0 Å². The zero-order valence-corrected chi connectivity index (χ0v) is 23.0. The number of aromatic nitrogens is 8. The Balaban J connectivity index is 1.46. The fraction of sp³-hybridized carbons (Fsp3) is 0.200. The molecule has 0 aliphatic carbocycles. The summed E-state index contributed by atoms with van der Waals surface area (Å²) in [6, 6.07) is 20.0. The lowest BCUT2D eigenvalue weighted by Gasteiger charge is -2.32. The van der Waals surface area contributed by atoms with Gasteiger partial charge in [-0.1, -0.05) is 18.2 Å². The third-order valence-corrected chi connectivity index (χ3v) is 8.21. The normalized spacial score (nSPS) is 16.4. The maximum atomic E-state index is 6.40. The molecule has 6 aromatic heterocycles. The standard InChI is InChI=1S/C30H25BN8O2/c1-29(2)30(3,4)41-31(40-29)26-35-27(38-22-14-6-5-10-18(22)19-11-7-15-32-23(19)38)37-28(36-26)39-24-20(12-8-16-33-24)21-13-9-17-34-25(21)39/h5-17H,1-4H3. The van der Waals surface area contributed by atoms with Gasteiger partial charge in [0.25, 0.3) is 0 Å². The molecule has 1 aliphatic heterocycles. The minimum atomic E-state index is -0.810. The summed E-state index contributed by atoms with van der Waals surface area (Å²) in [6.45, 7) is 8.03. The van der Waals surface area contributed by atoms with Crippen molar-refractivity contribution in [2.75, 3.05) is 0 Å². The molecule has 0 bridgehead atoms. The number of para-hydroxylation sites is 1. The van der Waals surface area contributed by atoms with Gasteiger partial charge in [-0.2, -0.15) is 4.98 Å². The Kier molecular flexibility index (Phi) is 4.93. The number of hydrogen-bond acceptors (Lipinski definition) is 8. The monoisotopic (exact) mass is 540 g/mol. The van der Waals surface area contributed by atoms with Gasteiger partial charge in [-0.15, -0.1) is 0 Å². The Morgan fingerprint density at radius 3 is 1.61 bits per heavy atom. The number of benzene rings is 1. The molecule has 7 aromatic rings. The van der Waals surface area contributed by atoms with Gasteiger partial charge in [-0.3, -0.25) is 4.57 Å². The second kappa shape index (κ2) is 8.39. The highest BCUT2D eigenvalue weighted by Crippen LogP contribution is 2.37. The molecule has 41 heavy (non-hydrogen) atoms. The first-order valence-corrected chi connectivity index (χ1v) is 13.5. The smallest absolute Gasteiger partial charge is 0.397 e. The van der Waals surface area contributed by atoms with E-state index in [-0.39, 0.29) is 0 Å². The highest BCUT2D eigenvalue weighted by molar-refractivity contribution is 6.60. The predicted octanol–water partition coefficient (Wildman–Crippen LogP) is 4.55. The summed E-state index contributed by atoms with van der Waals surface area (Å²) >= 11 is 0. The lowest BCUT2D eigenvalue weighted by atomic mass is 9.89. The second-order valence-electron chi connectivity index (χ2n) is 11.2. The Bertz CT molecular complexity index is 1900. The highest BCUT2D eigenvalue weighted by atomic mass is 16.7. The first-order valence-electron chi connectivity index (χ1n) is 13.5. The van der Waals surface area contributed by atoms with Crippen LogP contribution in [0.2, 0.25) is 0 Å². The van der Waals surface area contributed by atoms with Crippen molar-refractivity contribution in [2.24, 2.45) is 0 Å². The van der Waals surface area contributed by atoms with Crippen LogP contribution in [0.25, 0.3) is 55.9 Å². The van der Waals surface area contributed by atoms with Crippen molar-refractivity contribution >= 4 is 56.8 Å². The van der Waals surface area contributed by atoms with Gasteiger partial charge >= 0.3 is 7.12 Å². The van der Waals surface area contributed by atoms with Crippen LogP contribution < -0.4 is 5.72 Å². The Morgan fingerprint density at radius 2 is 1.02 bits per heavy atom. The van der Waals surface area contributed by atoms with Crippen LogP contribution in [0.15, 0.2) is 79.3 Å². The fourth-order valence-corrected chi connectivity index (χ4v) is 5.48. The maximum absolute atomic E-state index is 6.40. The van der Waals surface area contributed by atoms with Crippen molar-refractivity contribution < 1.29 is 9.31 Å². The van der Waals surface area contributed by atoms with Gasteiger partial charge in [0.15, 0.2) is 5.72 Å². The van der Waals surface area contributed by atoms with E-state index in [9.17, 15) is 0 Å². The molecule has 200 valence electrons. The zero-order valence-electron chi connectivity index (χ0n) is 23.0. The van der Waals surface area contributed by atoms with Gasteiger partial charge in [0, 0.05) is 40.1 Å². The Labute approximate surface area is 235 Å². The van der Waals surface area contributed by atoms with Gasteiger partial charge in [0.1, 0.15) is 16.9 Å². The molecule has 0 amide bonds. The van der Waals surface area contributed by atoms with E-state index in [0.29, 0.717) is 28.9 Å². The largest absolute Gasteiger partial charge is 0.535 e. The summed E-state index contributed by atoms with van der Waals surface area (Å²) < 4.78 is 16.6. The van der Waals surface area contributed by atoms with E-state index < -0.39 is 18.3 Å². The minimum Gasteiger partial charge on any atom is -0.397 e. The van der Waals surface area contributed by atoms with Crippen molar-refractivity contribution in [1.29, 1.82) is 0 Å². The molecular formula is C30H25BN8O2. The molecule has 0 radical (unpaired) electrons. The summed E-state index contributed by atoms with van der Waals surface area (Å²) in [5.41, 5.74) is 2.26. The SMILES string of the molecule is CC1(C)OB(c2nc(-n3c4ccccc4c4cccnc43)nc(-n3c4ncccc4c4cccnc43)n2)OC1(C)C. The molecular weight excluding hydrogens is 515 g/mol. The van der Waals surface area contributed by atoms with Crippen LogP contribution in [0.3, 0.4) is 0 Å². The highest BCUT2D eigenvalue weighted by Gasteiger charge is 2.53. The van der Waals surface area contributed by atoms with E-state index in [2.05, 4.69) is 12.1 Å². The van der Waals surface area contributed by atoms with Crippen LogP contribution in [0.5, 0.6) is 0 Å². The molecule has 1 aromatic carbocycles. The van der Waals surface area contributed by atoms with Gasteiger partial charge in [0.2, 0.25) is 11.9 Å². The summed E-state index contributed by atoms with van der Waals surface area (Å²) in [5, 5.41) is 3.96. The molecule has 10 nitrogen and oxygen atoms in total. The van der Waals surface area contributed by atoms with Gasteiger partial charge in [0.05, 0.1) is 16.7 Å². The van der Waals surface area contributed by atoms with Crippen molar-refractivity contribution in [2.45, 2.75) is 38.9 Å². The molecule has 11 heteroatoms. The van der Waals surface area contributed by atoms with E-state index in [1.54, 1.807) is 18.6 Å². The molecule has 0 spiro atoms. The third kappa shape index (κ3) is 3.46. The third-order valence-electron chi connectivity index (χ3n) is 8.21. The van der Waals surface area contributed by atoms with Gasteiger partial charge < -0.3 is 9.31 Å². The van der Waals surface area contributed by atoms with Crippen LogP contribution >= 0.6 is 0 Å². The predicted molar refractivity (Wildman–Crippen MR) is 158 cm³/mol. The maximum Gasteiger partial charge on any atom is 0.535 e. The molecule has 8 rings (SSSR count). The fourth-order valence-electron chi connectivity index (χ4n) is 5.48. The molecule has 1 fully saturated rings. The average molecular weight is 540 g/mol. The van der Waals surface area contributed by atoms with Crippen LogP contribution in [0.4, 0.5) is 0 Å². The molecule has 1 saturated heterocycles. The molecule has 0 saturated carbocycles. The number of nitrogens with zero attached hydrogens (tertiary/aromatic N) is 8. The first-order chi connectivity index (χ1) is 19.8. The quantitative estimate of drug-likeness (QED) is 0.301. The molecule has 7 heterocycles. The lowest BCUT2D eigenvalue weighted by Crippen LogP contribution is -2.41. The van der Waals surface area contributed by atoms with Crippen molar-refractivity contribution in [1.82, 2.24) is 39.0 Å². The Morgan fingerprint density at radius 1 is 0.561 bits per heavy atom. The van der Waals surface area contributed by atoms with E-state index in [0.717, 1.165) is 32.7 Å². The molecule has 0 atom stereocenters. The number of fused-ring (bicyclic) bond motifs is 6. The number of pyridine rings is 3. The summed E-state index contributed by atoms with van der Waals surface area (Å²) in [4.78, 5) is 29.1. The molecule has 0 unspecified atom stereocenters. The van der Waals surface area contributed by atoms with E-state index in [1.807, 2.05) is 85.4 Å². The first kappa shape index (κ1) is 24.1. The second-order valence-corrected chi connectivity index (χ2v) is 11.2. The summed E-state index contributed by atoms with van der Waals surface area (Å²) in [6.07, 6.45) is 5.29. The average Bonchev–Trinajstić information content (AvgIpc) is 3.57. The van der Waals surface area contributed by atoms with Gasteiger partial charge in [-0.25, -0.2) is 29.5 Å². The van der Waals surface area contributed by atoms with E-state index in [4.69, 9.17) is 39.2 Å². The van der Waals surface area contributed by atoms with Crippen LogP contribution in [-0.4, -0.2) is 57.4 Å². The minimum absolute atomic E-state index is 0.354. The molecule has 1 aliphatic rings. The van der Waals surface area contributed by atoms with Crippen LogP contribution in [0.1, 0.15) is 27.7 Å². The van der Waals surface area contributed by atoms with Gasteiger partial charge in [-0.05, 0) is 70.2 Å². The lowest BCUT2D eigenvalue weighted by molar-refractivity contribution is 0.00578. The Hall–Kier alpha value is -4.74. The van der Waals surface area contributed by atoms with Crippen LogP contribution in [-0.2, 0) is 9.31 Å². The van der Waals surface area contributed by atoms with Crippen molar-refractivity contribution in [3.05, 3.63) is 79.3 Å². The zero-order chi connectivity index (χ0) is 27.9. The van der Waals surface area contributed by atoms with E-state index in [1.165, 1.54) is 0 Å². The van der Waals surface area contributed by atoms with Crippen molar-refractivity contribution in [3.8, 4) is 11.9 Å². The summed E-state index contributed by atoms with van der Waals surface area (Å²) in [7, 11) is -0.810. The number of hydrogen-bond donors (Lipinski definition) is 0. The summed E-state index contributed by atoms with van der Waals surface area (Å²) in [5.74, 6) is 0.755.